The molecule has 102 valence electrons. The number of H-pyrrole nitrogens is 1. The van der Waals surface area contributed by atoms with E-state index in [1.807, 2.05) is 0 Å². The Morgan fingerprint density at radius 3 is 3.00 bits per heavy atom. The number of nitrogens with zero attached hydrogens (tertiary/aromatic N) is 1. The van der Waals surface area contributed by atoms with Crippen molar-refractivity contribution >= 4 is 11.0 Å². The quantitative estimate of drug-likeness (QED) is 0.896. The summed E-state index contributed by atoms with van der Waals surface area (Å²) in [5, 5.41) is 3.37. The van der Waals surface area contributed by atoms with Crippen LogP contribution >= 0.6 is 0 Å². The van der Waals surface area contributed by atoms with Crippen LogP contribution in [0.1, 0.15) is 25.1 Å². The van der Waals surface area contributed by atoms with E-state index >= 15 is 0 Å². The summed E-state index contributed by atoms with van der Waals surface area (Å²) in [5.74, 6) is 0.224. The van der Waals surface area contributed by atoms with Crippen molar-refractivity contribution in [1.29, 1.82) is 0 Å². The predicted octanol–water partition coefficient (Wildman–Crippen LogP) is 2.77. The monoisotopic (exact) mass is 265 g/mol. The second-order valence-electron chi connectivity index (χ2n) is 5.22. The lowest BCUT2D eigenvalue weighted by Gasteiger charge is -2.22. The molecule has 19 heavy (non-hydrogen) atoms. The number of aromatic amines is 1. The van der Waals surface area contributed by atoms with Crippen LogP contribution in [-0.4, -0.2) is 23.1 Å². The van der Waals surface area contributed by atoms with Gasteiger partial charge in [-0.3, -0.25) is 0 Å². The lowest BCUT2D eigenvalue weighted by atomic mass is 9.95. The lowest BCUT2D eigenvalue weighted by Crippen LogP contribution is -2.29. The molecule has 0 radical (unpaired) electrons. The average Bonchev–Trinajstić information content (AvgIpc) is 2.81. The van der Waals surface area contributed by atoms with Crippen molar-refractivity contribution < 1.29 is 8.78 Å². The molecule has 0 amide bonds. The Labute approximate surface area is 110 Å². The zero-order valence-electron chi connectivity index (χ0n) is 10.7. The van der Waals surface area contributed by atoms with E-state index in [-0.39, 0.29) is 5.52 Å². The highest BCUT2D eigenvalue weighted by Crippen LogP contribution is 2.20. The molecule has 5 heteroatoms. The van der Waals surface area contributed by atoms with Crippen LogP contribution in [0.4, 0.5) is 8.78 Å². The first-order valence-electron chi connectivity index (χ1n) is 6.77. The summed E-state index contributed by atoms with van der Waals surface area (Å²) in [6, 6.07) is 2.16. The van der Waals surface area contributed by atoms with E-state index < -0.39 is 11.6 Å². The van der Waals surface area contributed by atoms with E-state index in [4.69, 9.17) is 0 Å². The van der Waals surface area contributed by atoms with Crippen LogP contribution in [0.3, 0.4) is 0 Å². The maximum absolute atomic E-state index is 13.5. The molecule has 1 atom stereocenters. The van der Waals surface area contributed by atoms with Crippen LogP contribution < -0.4 is 5.32 Å². The molecule has 1 unspecified atom stereocenters. The highest BCUT2D eigenvalue weighted by molar-refractivity contribution is 5.75. The number of rotatable bonds is 3. The molecule has 0 spiro atoms. The topological polar surface area (TPSA) is 40.7 Å². The SMILES string of the molecule is Fc1cc(F)c2nc(CCC3CCCNC3)[nH]c2c1. The molecule has 0 aliphatic carbocycles. The molecule has 2 N–H and O–H groups in total. The Kier molecular flexibility index (Phi) is 3.46. The first kappa shape index (κ1) is 12.5. The smallest absolute Gasteiger partial charge is 0.153 e. The molecule has 2 aromatic rings. The van der Waals surface area contributed by atoms with Crippen LogP contribution in [0, 0.1) is 17.6 Å². The lowest BCUT2D eigenvalue weighted by molar-refractivity contribution is 0.356. The maximum Gasteiger partial charge on any atom is 0.153 e. The number of aromatic nitrogens is 2. The molecular weight excluding hydrogens is 248 g/mol. The summed E-state index contributed by atoms with van der Waals surface area (Å²) in [6.45, 7) is 2.15. The van der Waals surface area contributed by atoms with Gasteiger partial charge in [-0.2, -0.15) is 0 Å². The molecule has 0 saturated carbocycles. The third-order valence-corrected chi connectivity index (χ3v) is 3.74. The summed E-state index contributed by atoms with van der Waals surface area (Å²) < 4.78 is 26.6. The summed E-state index contributed by atoms with van der Waals surface area (Å²) in [6.07, 6.45) is 4.25. The maximum atomic E-state index is 13.5. The van der Waals surface area contributed by atoms with E-state index in [0.29, 0.717) is 11.4 Å². The number of benzene rings is 1. The van der Waals surface area contributed by atoms with Crippen molar-refractivity contribution in [3.8, 4) is 0 Å². The van der Waals surface area contributed by atoms with Crippen molar-refractivity contribution in [2.75, 3.05) is 13.1 Å². The van der Waals surface area contributed by atoms with Crippen molar-refractivity contribution in [3.05, 3.63) is 29.6 Å². The summed E-state index contributed by atoms with van der Waals surface area (Å²) >= 11 is 0. The number of piperidine rings is 1. The van der Waals surface area contributed by atoms with Crippen molar-refractivity contribution in [2.45, 2.75) is 25.7 Å². The molecule has 1 aliphatic heterocycles. The Morgan fingerprint density at radius 1 is 1.32 bits per heavy atom. The Balaban J connectivity index is 1.72. The Hall–Kier alpha value is -1.49. The van der Waals surface area contributed by atoms with Crippen LogP contribution in [0.5, 0.6) is 0 Å². The molecule has 0 bridgehead atoms. The van der Waals surface area contributed by atoms with Gasteiger partial charge in [0.05, 0.1) is 5.52 Å². The molecule has 1 saturated heterocycles. The molecule has 1 aromatic carbocycles. The summed E-state index contributed by atoms with van der Waals surface area (Å²) in [4.78, 5) is 7.23. The van der Waals surface area contributed by atoms with Crippen LogP contribution in [-0.2, 0) is 6.42 Å². The fraction of sp³-hybridized carbons (Fsp3) is 0.500. The van der Waals surface area contributed by atoms with Gasteiger partial charge in [0.25, 0.3) is 0 Å². The third-order valence-electron chi connectivity index (χ3n) is 3.74. The number of halogens is 2. The first-order chi connectivity index (χ1) is 9.22. The van der Waals surface area contributed by atoms with Crippen LogP contribution in [0.25, 0.3) is 11.0 Å². The minimum Gasteiger partial charge on any atom is -0.342 e. The van der Waals surface area contributed by atoms with Crippen LogP contribution in [0.2, 0.25) is 0 Å². The van der Waals surface area contributed by atoms with Crippen molar-refractivity contribution in [1.82, 2.24) is 15.3 Å². The second-order valence-corrected chi connectivity index (χ2v) is 5.22. The van der Waals surface area contributed by atoms with Crippen molar-refractivity contribution in [2.24, 2.45) is 5.92 Å². The summed E-state index contributed by atoms with van der Waals surface area (Å²) in [7, 11) is 0. The molecule has 1 aromatic heterocycles. The predicted molar refractivity (Wildman–Crippen MR) is 69.9 cm³/mol. The van der Waals surface area contributed by atoms with E-state index in [1.54, 1.807) is 0 Å². The molecular formula is C14H17F2N3. The minimum absolute atomic E-state index is 0.234. The normalized spacial score (nSPS) is 20.0. The third kappa shape index (κ3) is 2.76. The van der Waals surface area contributed by atoms with Gasteiger partial charge in [0.2, 0.25) is 0 Å². The van der Waals surface area contributed by atoms with Gasteiger partial charge in [0.15, 0.2) is 5.82 Å². The van der Waals surface area contributed by atoms with Gasteiger partial charge < -0.3 is 10.3 Å². The van der Waals surface area contributed by atoms with Crippen LogP contribution in [0.15, 0.2) is 12.1 Å². The Morgan fingerprint density at radius 2 is 2.21 bits per heavy atom. The standard InChI is InChI=1S/C14H17F2N3/c15-10-6-11(16)14-12(7-10)18-13(19-14)4-3-9-2-1-5-17-8-9/h6-7,9,17H,1-5,8H2,(H,18,19). The van der Waals surface area contributed by atoms with E-state index in [1.165, 1.54) is 18.9 Å². The van der Waals surface area contributed by atoms with Gasteiger partial charge in [-0.05, 0) is 44.3 Å². The number of nitrogens with one attached hydrogen (secondary N) is 2. The van der Waals surface area contributed by atoms with Gasteiger partial charge in [0.1, 0.15) is 17.2 Å². The number of hydrogen-bond donors (Lipinski definition) is 2. The molecule has 1 fully saturated rings. The minimum atomic E-state index is -0.600. The zero-order chi connectivity index (χ0) is 13.2. The Bertz CT molecular complexity index is 573. The van der Waals surface area contributed by atoms with Gasteiger partial charge in [-0.1, -0.05) is 0 Å². The van der Waals surface area contributed by atoms with Gasteiger partial charge in [-0.15, -0.1) is 0 Å². The molecule has 3 nitrogen and oxygen atoms in total. The summed E-state index contributed by atoms with van der Waals surface area (Å²) in [5.41, 5.74) is 0.674. The van der Waals surface area contributed by atoms with E-state index in [2.05, 4.69) is 15.3 Å². The number of hydrogen-bond acceptors (Lipinski definition) is 2. The van der Waals surface area contributed by atoms with E-state index in [0.717, 1.165) is 37.8 Å². The largest absolute Gasteiger partial charge is 0.342 e. The number of aryl methyl sites for hydroxylation is 1. The second kappa shape index (κ2) is 5.25. The number of imidazole rings is 1. The highest BCUT2D eigenvalue weighted by Gasteiger charge is 2.15. The average molecular weight is 265 g/mol. The van der Waals surface area contributed by atoms with Crippen molar-refractivity contribution in [3.63, 3.8) is 0 Å². The molecule has 2 heterocycles. The van der Waals surface area contributed by atoms with Gasteiger partial charge in [-0.25, -0.2) is 13.8 Å². The fourth-order valence-electron chi connectivity index (χ4n) is 2.72. The van der Waals surface area contributed by atoms with Gasteiger partial charge >= 0.3 is 0 Å². The van der Waals surface area contributed by atoms with E-state index in [9.17, 15) is 8.78 Å². The first-order valence-corrected chi connectivity index (χ1v) is 6.77. The molecule has 1 aliphatic rings. The van der Waals surface area contributed by atoms with Gasteiger partial charge in [0, 0.05) is 12.5 Å². The zero-order valence-corrected chi connectivity index (χ0v) is 10.7. The molecule has 3 rings (SSSR count). The highest BCUT2D eigenvalue weighted by atomic mass is 19.1. The number of fused-ring (bicyclic) bond motifs is 1. The fourth-order valence-corrected chi connectivity index (χ4v) is 2.72.